The number of anilines is 1. The minimum absolute atomic E-state index is 0.479. The quantitative estimate of drug-likeness (QED) is 0.794. The van der Waals surface area contributed by atoms with Gasteiger partial charge in [0.25, 0.3) is 0 Å². The van der Waals surface area contributed by atoms with Crippen molar-refractivity contribution in [2.24, 2.45) is 11.7 Å². The fourth-order valence-electron chi connectivity index (χ4n) is 0.885. The molecule has 1 rings (SSSR count). The van der Waals surface area contributed by atoms with E-state index in [0.29, 0.717) is 12.5 Å². The van der Waals surface area contributed by atoms with Crippen LogP contribution in [-0.4, -0.2) is 18.1 Å². The Morgan fingerprint density at radius 3 is 3.08 bits per heavy atom. The third-order valence-electron chi connectivity index (χ3n) is 1.80. The van der Waals surface area contributed by atoms with Gasteiger partial charge in [-0.1, -0.05) is 6.92 Å². The summed E-state index contributed by atoms with van der Waals surface area (Å²) in [6.07, 6.45) is 1.75. The van der Waals surface area contributed by atoms with Gasteiger partial charge in [0.15, 0.2) is 0 Å². The molecule has 13 heavy (non-hydrogen) atoms. The number of nitrogens with two attached hydrogens (primary N) is 1. The molecule has 1 heterocycles. The summed E-state index contributed by atoms with van der Waals surface area (Å²) in [7, 11) is 0. The summed E-state index contributed by atoms with van der Waals surface area (Å²) in [6, 6.07) is 3.89. The first-order valence-electron chi connectivity index (χ1n) is 4.28. The fraction of sp³-hybridized carbons (Fsp3) is 0.444. The Bertz CT molecular complexity index is 265. The second-order valence-electron chi connectivity index (χ2n) is 3.06. The number of rotatable bonds is 4. The fourth-order valence-corrected chi connectivity index (χ4v) is 1.28. The zero-order chi connectivity index (χ0) is 9.68. The maximum atomic E-state index is 5.51. The monoisotopic (exact) mass is 243 g/mol. The molecule has 0 saturated heterocycles. The Morgan fingerprint density at radius 1 is 1.69 bits per heavy atom. The van der Waals surface area contributed by atoms with Gasteiger partial charge in [0.2, 0.25) is 0 Å². The molecule has 4 heteroatoms. The highest BCUT2D eigenvalue weighted by atomic mass is 79.9. The van der Waals surface area contributed by atoms with Crippen molar-refractivity contribution in [2.75, 3.05) is 18.4 Å². The highest BCUT2D eigenvalue weighted by Gasteiger charge is 2.01. The lowest BCUT2D eigenvalue weighted by atomic mass is 10.2. The van der Waals surface area contributed by atoms with Crippen LogP contribution in [0.2, 0.25) is 0 Å². The SMILES string of the molecule is CC(CN)CNc1cccnc1Br. The average Bonchev–Trinajstić information content (AvgIpc) is 2.16. The molecule has 1 unspecified atom stereocenters. The predicted octanol–water partition coefficient (Wildman–Crippen LogP) is 1.85. The van der Waals surface area contributed by atoms with Gasteiger partial charge in [-0.05, 0) is 40.5 Å². The second kappa shape index (κ2) is 5.19. The van der Waals surface area contributed by atoms with E-state index < -0.39 is 0 Å². The van der Waals surface area contributed by atoms with E-state index in [4.69, 9.17) is 5.73 Å². The van der Waals surface area contributed by atoms with Crippen LogP contribution in [0.15, 0.2) is 22.9 Å². The summed E-state index contributed by atoms with van der Waals surface area (Å²) in [5, 5.41) is 3.27. The standard InChI is InChI=1S/C9H14BrN3/c1-7(5-11)6-13-8-3-2-4-12-9(8)10/h2-4,7,13H,5-6,11H2,1H3. The molecule has 1 aromatic rings. The summed E-state index contributed by atoms with van der Waals surface area (Å²) in [6.45, 7) is 3.68. The molecule has 0 aliphatic carbocycles. The van der Waals surface area contributed by atoms with Crippen molar-refractivity contribution in [3.8, 4) is 0 Å². The third kappa shape index (κ3) is 3.32. The van der Waals surface area contributed by atoms with Gasteiger partial charge < -0.3 is 11.1 Å². The predicted molar refractivity (Wildman–Crippen MR) is 58.6 cm³/mol. The summed E-state index contributed by atoms with van der Waals surface area (Å²) in [4.78, 5) is 4.11. The lowest BCUT2D eigenvalue weighted by molar-refractivity contribution is 0.628. The largest absolute Gasteiger partial charge is 0.383 e. The van der Waals surface area contributed by atoms with Gasteiger partial charge in [-0.15, -0.1) is 0 Å². The maximum Gasteiger partial charge on any atom is 0.129 e. The normalized spacial score (nSPS) is 12.5. The summed E-state index contributed by atoms with van der Waals surface area (Å²) in [5.41, 5.74) is 6.52. The number of hydrogen-bond acceptors (Lipinski definition) is 3. The molecule has 0 bridgehead atoms. The molecule has 0 aliphatic rings. The average molecular weight is 244 g/mol. The number of nitrogens with one attached hydrogen (secondary N) is 1. The third-order valence-corrected chi connectivity index (χ3v) is 2.43. The molecule has 0 aromatic carbocycles. The lowest BCUT2D eigenvalue weighted by Gasteiger charge is -2.11. The highest BCUT2D eigenvalue weighted by Crippen LogP contribution is 2.18. The molecule has 0 saturated carbocycles. The number of hydrogen-bond donors (Lipinski definition) is 2. The van der Waals surface area contributed by atoms with Gasteiger partial charge >= 0.3 is 0 Å². The molecule has 3 nitrogen and oxygen atoms in total. The van der Waals surface area contributed by atoms with Crippen LogP contribution in [0.1, 0.15) is 6.92 Å². The molecular weight excluding hydrogens is 230 g/mol. The molecule has 72 valence electrons. The summed E-state index contributed by atoms with van der Waals surface area (Å²) in [5.74, 6) is 0.479. The molecule has 0 aliphatic heterocycles. The zero-order valence-corrected chi connectivity index (χ0v) is 9.21. The first-order valence-corrected chi connectivity index (χ1v) is 5.07. The van der Waals surface area contributed by atoms with Gasteiger partial charge in [0.1, 0.15) is 4.60 Å². The minimum Gasteiger partial charge on any atom is -0.383 e. The molecule has 0 fully saturated rings. The van der Waals surface area contributed by atoms with Gasteiger partial charge in [-0.25, -0.2) is 4.98 Å². The van der Waals surface area contributed by atoms with Crippen LogP contribution in [0.4, 0.5) is 5.69 Å². The van der Waals surface area contributed by atoms with E-state index in [1.54, 1.807) is 6.20 Å². The highest BCUT2D eigenvalue weighted by molar-refractivity contribution is 9.10. The Kier molecular flexibility index (Phi) is 4.18. The van der Waals surface area contributed by atoms with Gasteiger partial charge in [0, 0.05) is 12.7 Å². The van der Waals surface area contributed by atoms with Crippen molar-refractivity contribution >= 4 is 21.6 Å². The van der Waals surface area contributed by atoms with Gasteiger partial charge in [-0.3, -0.25) is 0 Å². The Balaban J connectivity index is 2.50. The number of pyridine rings is 1. The molecule has 3 N–H and O–H groups in total. The Morgan fingerprint density at radius 2 is 2.46 bits per heavy atom. The van der Waals surface area contributed by atoms with Crippen molar-refractivity contribution < 1.29 is 0 Å². The lowest BCUT2D eigenvalue weighted by Crippen LogP contribution is -2.19. The van der Waals surface area contributed by atoms with E-state index in [1.807, 2.05) is 12.1 Å². The molecule has 0 radical (unpaired) electrons. The Labute approximate surface area is 86.9 Å². The van der Waals surface area contributed by atoms with Crippen LogP contribution in [0.3, 0.4) is 0 Å². The van der Waals surface area contributed by atoms with Crippen LogP contribution < -0.4 is 11.1 Å². The molecule has 0 spiro atoms. The zero-order valence-electron chi connectivity index (χ0n) is 7.63. The van der Waals surface area contributed by atoms with Crippen LogP contribution in [-0.2, 0) is 0 Å². The number of halogens is 1. The number of aromatic nitrogens is 1. The van der Waals surface area contributed by atoms with Crippen molar-refractivity contribution in [3.05, 3.63) is 22.9 Å². The van der Waals surface area contributed by atoms with Crippen LogP contribution in [0, 0.1) is 5.92 Å². The Hall–Kier alpha value is -0.610. The number of nitrogens with zero attached hydrogens (tertiary/aromatic N) is 1. The van der Waals surface area contributed by atoms with E-state index >= 15 is 0 Å². The van der Waals surface area contributed by atoms with Crippen molar-refractivity contribution in [3.63, 3.8) is 0 Å². The first kappa shape index (κ1) is 10.5. The van der Waals surface area contributed by atoms with Gasteiger partial charge in [0.05, 0.1) is 5.69 Å². The molecular formula is C9H14BrN3. The van der Waals surface area contributed by atoms with Crippen LogP contribution >= 0.6 is 15.9 Å². The first-order chi connectivity index (χ1) is 6.24. The molecule has 1 aromatic heterocycles. The van der Waals surface area contributed by atoms with E-state index in [-0.39, 0.29) is 0 Å². The maximum absolute atomic E-state index is 5.51. The minimum atomic E-state index is 0.479. The summed E-state index contributed by atoms with van der Waals surface area (Å²) < 4.78 is 0.847. The van der Waals surface area contributed by atoms with E-state index in [0.717, 1.165) is 16.8 Å². The topological polar surface area (TPSA) is 50.9 Å². The van der Waals surface area contributed by atoms with Crippen molar-refractivity contribution in [1.82, 2.24) is 4.98 Å². The molecule has 0 amide bonds. The van der Waals surface area contributed by atoms with E-state index in [2.05, 4.69) is 33.2 Å². The van der Waals surface area contributed by atoms with E-state index in [9.17, 15) is 0 Å². The smallest absolute Gasteiger partial charge is 0.129 e. The summed E-state index contributed by atoms with van der Waals surface area (Å²) >= 11 is 3.36. The van der Waals surface area contributed by atoms with Crippen LogP contribution in [0.25, 0.3) is 0 Å². The van der Waals surface area contributed by atoms with Crippen molar-refractivity contribution in [1.29, 1.82) is 0 Å². The van der Waals surface area contributed by atoms with Crippen LogP contribution in [0.5, 0.6) is 0 Å². The molecule has 1 atom stereocenters. The second-order valence-corrected chi connectivity index (χ2v) is 3.81. The van der Waals surface area contributed by atoms with Crippen molar-refractivity contribution in [2.45, 2.75) is 6.92 Å². The van der Waals surface area contributed by atoms with E-state index in [1.165, 1.54) is 0 Å². The van der Waals surface area contributed by atoms with Gasteiger partial charge in [-0.2, -0.15) is 0 Å².